The maximum atomic E-state index is 13.6. The highest BCUT2D eigenvalue weighted by molar-refractivity contribution is 6.33. The molecular formula is C21H17ClN8O. The lowest BCUT2D eigenvalue weighted by atomic mass is 9.89. The molecule has 0 radical (unpaired) electrons. The normalized spacial score (nSPS) is 18.6. The van der Waals surface area contributed by atoms with Crippen molar-refractivity contribution in [2.75, 3.05) is 11.4 Å². The molecule has 0 spiro atoms. The minimum absolute atomic E-state index is 0.167. The Labute approximate surface area is 181 Å². The van der Waals surface area contributed by atoms with Crippen molar-refractivity contribution in [2.45, 2.75) is 13.0 Å². The van der Waals surface area contributed by atoms with Crippen LogP contribution in [-0.4, -0.2) is 40.7 Å². The van der Waals surface area contributed by atoms with E-state index in [1.165, 1.54) is 6.33 Å². The Hall–Kier alpha value is -3.72. The summed E-state index contributed by atoms with van der Waals surface area (Å²) < 4.78 is 3.22. The lowest BCUT2D eigenvalue weighted by Gasteiger charge is -2.47. The Morgan fingerprint density at radius 2 is 1.97 bits per heavy atom. The lowest BCUT2D eigenvalue weighted by Crippen LogP contribution is -2.51. The summed E-state index contributed by atoms with van der Waals surface area (Å²) in [7, 11) is 0. The third-order valence-electron chi connectivity index (χ3n) is 5.78. The predicted molar refractivity (Wildman–Crippen MR) is 117 cm³/mol. The molecular weight excluding hydrogens is 416 g/mol. The van der Waals surface area contributed by atoms with Crippen molar-refractivity contribution in [3.8, 4) is 5.69 Å². The largest absolute Gasteiger partial charge is 0.344 e. The first kappa shape index (κ1) is 18.1. The Morgan fingerprint density at radius 1 is 1.13 bits per heavy atom. The highest BCUT2D eigenvalue weighted by atomic mass is 35.5. The summed E-state index contributed by atoms with van der Waals surface area (Å²) in [5, 5.41) is 5.21. The summed E-state index contributed by atoms with van der Waals surface area (Å²) in [6.07, 6.45) is 4.82. The van der Waals surface area contributed by atoms with Crippen molar-refractivity contribution in [3.05, 3.63) is 76.5 Å². The van der Waals surface area contributed by atoms with Crippen molar-refractivity contribution in [3.63, 3.8) is 0 Å². The summed E-state index contributed by atoms with van der Waals surface area (Å²) >= 11 is 6.31. The van der Waals surface area contributed by atoms with Gasteiger partial charge in [0, 0.05) is 18.7 Å². The Balaban J connectivity index is 1.60. The number of para-hydroxylation sites is 1. The molecule has 1 fully saturated rings. The molecule has 10 heteroatoms. The number of H-pyrrole nitrogens is 1. The monoisotopic (exact) mass is 432 g/mol. The van der Waals surface area contributed by atoms with E-state index < -0.39 is 0 Å². The molecule has 154 valence electrons. The number of halogens is 1. The highest BCUT2D eigenvalue weighted by Crippen LogP contribution is 2.42. The number of nitrogens with zero attached hydrogens (tertiary/aromatic N) is 7. The van der Waals surface area contributed by atoms with Gasteiger partial charge in [0.05, 0.1) is 23.1 Å². The van der Waals surface area contributed by atoms with Crippen LogP contribution < -0.4 is 10.5 Å². The zero-order chi connectivity index (χ0) is 21.1. The van der Waals surface area contributed by atoms with Gasteiger partial charge in [-0.05, 0) is 18.2 Å². The fourth-order valence-electron chi connectivity index (χ4n) is 4.34. The molecule has 1 aromatic carbocycles. The van der Waals surface area contributed by atoms with Crippen LogP contribution in [0.3, 0.4) is 0 Å². The third kappa shape index (κ3) is 2.59. The van der Waals surface area contributed by atoms with Gasteiger partial charge in [-0.3, -0.25) is 9.36 Å². The minimum Gasteiger partial charge on any atom is -0.344 e. The van der Waals surface area contributed by atoms with E-state index in [0.717, 1.165) is 23.6 Å². The highest BCUT2D eigenvalue weighted by Gasteiger charge is 2.42. The molecule has 1 aliphatic heterocycles. The van der Waals surface area contributed by atoms with Gasteiger partial charge >= 0.3 is 0 Å². The number of hydrogen-bond acceptors (Lipinski definition) is 6. The van der Waals surface area contributed by atoms with Gasteiger partial charge in [0.2, 0.25) is 0 Å². The molecule has 2 atom stereocenters. The molecule has 1 unspecified atom stereocenters. The average molecular weight is 433 g/mol. The zero-order valence-electron chi connectivity index (χ0n) is 16.5. The molecule has 6 rings (SSSR count). The van der Waals surface area contributed by atoms with E-state index in [-0.39, 0.29) is 17.5 Å². The van der Waals surface area contributed by atoms with Gasteiger partial charge in [-0.1, -0.05) is 36.7 Å². The van der Waals surface area contributed by atoms with Gasteiger partial charge in [0.25, 0.3) is 5.56 Å². The fourth-order valence-corrected chi connectivity index (χ4v) is 4.56. The van der Waals surface area contributed by atoms with Crippen LogP contribution in [0.25, 0.3) is 22.4 Å². The number of aromatic nitrogens is 7. The predicted octanol–water partition coefficient (Wildman–Crippen LogP) is 3.00. The molecule has 0 bridgehead atoms. The third-order valence-corrected chi connectivity index (χ3v) is 6.08. The van der Waals surface area contributed by atoms with Crippen LogP contribution in [0.4, 0.5) is 5.82 Å². The molecule has 1 N–H and O–H groups in total. The number of aromatic amines is 1. The average Bonchev–Trinajstić information content (AvgIpc) is 3.39. The molecule has 0 aliphatic carbocycles. The Morgan fingerprint density at radius 3 is 2.77 bits per heavy atom. The van der Waals surface area contributed by atoms with E-state index in [0.29, 0.717) is 22.0 Å². The van der Waals surface area contributed by atoms with Crippen molar-refractivity contribution < 1.29 is 0 Å². The quantitative estimate of drug-likeness (QED) is 0.470. The molecule has 4 aromatic heterocycles. The SMILES string of the molecule is C[C@H]1CN(c2ncnc3nc[nH]c23)C1c1nn2ccc(Cl)c2c(=O)n1-c1ccccc1. The van der Waals surface area contributed by atoms with Crippen LogP contribution >= 0.6 is 11.6 Å². The van der Waals surface area contributed by atoms with Gasteiger partial charge in [-0.15, -0.1) is 0 Å². The first-order valence-electron chi connectivity index (χ1n) is 9.89. The molecule has 5 heterocycles. The molecule has 0 saturated carbocycles. The topological polar surface area (TPSA) is 97.0 Å². The smallest absolute Gasteiger partial charge is 0.284 e. The number of fused-ring (bicyclic) bond motifs is 2. The van der Waals surface area contributed by atoms with Crippen LogP contribution in [0, 0.1) is 5.92 Å². The van der Waals surface area contributed by atoms with Gasteiger partial charge < -0.3 is 9.88 Å². The Kier molecular flexibility index (Phi) is 3.87. The van der Waals surface area contributed by atoms with E-state index in [1.54, 1.807) is 27.7 Å². The zero-order valence-corrected chi connectivity index (χ0v) is 17.2. The van der Waals surface area contributed by atoms with Crippen molar-refractivity contribution in [1.82, 2.24) is 34.1 Å². The number of hydrogen-bond donors (Lipinski definition) is 1. The first-order valence-corrected chi connectivity index (χ1v) is 10.3. The molecule has 0 amide bonds. The number of anilines is 1. The van der Waals surface area contributed by atoms with Crippen LogP contribution in [0.1, 0.15) is 18.8 Å². The standard InChI is InChI=1S/C21H17ClN8O/c1-12-9-28(19-15-18(24-10-23-15)25-11-26-19)16(12)20-27-29-8-7-14(22)17(29)21(31)30(20)13-5-3-2-4-6-13/h2-8,10-12,16H,9H2,1H3,(H,23,24,25,26)/t12-,16?/m0/s1. The van der Waals surface area contributed by atoms with E-state index in [2.05, 4.69) is 31.8 Å². The van der Waals surface area contributed by atoms with Crippen molar-refractivity contribution in [1.29, 1.82) is 0 Å². The number of benzene rings is 1. The molecule has 31 heavy (non-hydrogen) atoms. The first-order chi connectivity index (χ1) is 15.1. The van der Waals surface area contributed by atoms with Gasteiger partial charge in [-0.2, -0.15) is 5.10 Å². The minimum atomic E-state index is -0.209. The molecule has 1 aliphatic rings. The number of imidazole rings is 1. The van der Waals surface area contributed by atoms with Crippen molar-refractivity contribution >= 4 is 34.1 Å². The van der Waals surface area contributed by atoms with Gasteiger partial charge in [-0.25, -0.2) is 19.5 Å². The lowest BCUT2D eigenvalue weighted by molar-refractivity contribution is 0.301. The van der Waals surface area contributed by atoms with Crippen LogP contribution in [-0.2, 0) is 0 Å². The summed E-state index contributed by atoms with van der Waals surface area (Å²) in [5.74, 6) is 1.62. The van der Waals surface area contributed by atoms with Crippen molar-refractivity contribution in [2.24, 2.45) is 5.92 Å². The second-order valence-electron chi connectivity index (χ2n) is 7.66. The summed E-state index contributed by atoms with van der Waals surface area (Å²) in [6, 6.07) is 11.0. The maximum absolute atomic E-state index is 13.6. The molecule has 1 saturated heterocycles. The maximum Gasteiger partial charge on any atom is 0.284 e. The van der Waals surface area contributed by atoms with Crippen LogP contribution in [0.2, 0.25) is 5.02 Å². The van der Waals surface area contributed by atoms with Crippen LogP contribution in [0.15, 0.2) is 60.0 Å². The molecule has 9 nitrogen and oxygen atoms in total. The van der Waals surface area contributed by atoms with E-state index >= 15 is 0 Å². The number of rotatable bonds is 3. The Bertz CT molecular complexity index is 1490. The van der Waals surface area contributed by atoms with Crippen LogP contribution in [0.5, 0.6) is 0 Å². The van der Waals surface area contributed by atoms with Gasteiger partial charge in [0.15, 0.2) is 17.3 Å². The summed E-state index contributed by atoms with van der Waals surface area (Å²) in [6.45, 7) is 2.91. The summed E-state index contributed by atoms with van der Waals surface area (Å²) in [4.78, 5) is 31.8. The summed E-state index contributed by atoms with van der Waals surface area (Å²) in [5.41, 5.74) is 2.25. The van der Waals surface area contributed by atoms with E-state index in [4.69, 9.17) is 16.7 Å². The second kappa shape index (κ2) is 6.64. The molecule has 5 aromatic rings. The number of nitrogens with one attached hydrogen (secondary N) is 1. The van der Waals surface area contributed by atoms with E-state index in [9.17, 15) is 4.79 Å². The van der Waals surface area contributed by atoms with Gasteiger partial charge in [0.1, 0.15) is 17.4 Å². The fraction of sp³-hybridized carbons (Fsp3) is 0.190. The van der Waals surface area contributed by atoms with E-state index in [1.807, 2.05) is 30.3 Å². The second-order valence-corrected chi connectivity index (χ2v) is 8.07.